The van der Waals surface area contributed by atoms with Gasteiger partial charge in [0.05, 0.1) is 11.5 Å². The lowest BCUT2D eigenvalue weighted by molar-refractivity contribution is 0.306. The van der Waals surface area contributed by atoms with Crippen LogP contribution in [0.15, 0.2) is 35.2 Å². The van der Waals surface area contributed by atoms with Gasteiger partial charge in [0.1, 0.15) is 0 Å². The molecular weight excluding hydrogens is 336 g/mol. The Morgan fingerprint density at radius 1 is 0.800 bits per heavy atom. The van der Waals surface area contributed by atoms with E-state index >= 15 is 0 Å². The number of hydrogen-bond acceptors (Lipinski definition) is 4. The van der Waals surface area contributed by atoms with Crippen molar-refractivity contribution in [3.8, 4) is 0 Å². The van der Waals surface area contributed by atoms with Gasteiger partial charge in [-0.15, -0.1) is 0 Å². The van der Waals surface area contributed by atoms with Crippen molar-refractivity contribution in [2.75, 3.05) is 13.2 Å². The molecule has 1 aromatic carbocycles. The number of hydrogen-bond donors (Lipinski definition) is 1. The fraction of sp³-hybridized carbons (Fsp3) is 0.700. The molecule has 0 amide bonds. The second kappa shape index (κ2) is 16.6. The summed E-state index contributed by atoms with van der Waals surface area (Å²) in [6, 6.07) is 8.33. The quantitative estimate of drug-likeness (QED) is 0.376. The Hall–Kier alpha value is -0.910. The molecule has 146 valence electrons. The average Bonchev–Trinajstić information content (AvgIpc) is 2.61. The molecule has 0 atom stereocenters. The highest BCUT2D eigenvalue weighted by Gasteiger charge is 2.13. The lowest BCUT2D eigenvalue weighted by Crippen LogP contribution is -2.07. The third-order valence-electron chi connectivity index (χ3n) is 3.77. The van der Waals surface area contributed by atoms with Crippen LogP contribution in [-0.2, 0) is 14.3 Å². The first kappa shape index (κ1) is 24.1. The van der Waals surface area contributed by atoms with Gasteiger partial charge in [-0.25, -0.2) is 0 Å². The predicted octanol–water partition coefficient (Wildman–Crippen LogP) is 5.31. The normalized spacial score (nSPS) is 11.0. The van der Waals surface area contributed by atoms with Crippen LogP contribution < -0.4 is 0 Å². The zero-order valence-electron chi connectivity index (χ0n) is 16.0. The summed E-state index contributed by atoms with van der Waals surface area (Å²) < 4.78 is 28.8. The monoisotopic (exact) mass is 372 g/mol. The van der Waals surface area contributed by atoms with E-state index in [0.717, 1.165) is 12.8 Å². The molecule has 1 N–H and O–H groups in total. The lowest BCUT2D eigenvalue weighted by atomic mass is 10.1. The van der Waals surface area contributed by atoms with Gasteiger partial charge in [0, 0.05) is 6.61 Å². The van der Waals surface area contributed by atoms with Crippen molar-refractivity contribution in [2.24, 2.45) is 0 Å². The average molecular weight is 373 g/mol. The first-order chi connectivity index (χ1) is 12.1. The minimum absolute atomic E-state index is 0.238. The minimum Gasteiger partial charge on any atom is -0.397 e. The van der Waals surface area contributed by atoms with E-state index in [1.54, 1.807) is 37.3 Å². The molecule has 0 aliphatic heterocycles. The number of unbranched alkanes of at least 4 members (excludes halogenated alkanes) is 9. The van der Waals surface area contributed by atoms with Crippen molar-refractivity contribution in [3.05, 3.63) is 30.3 Å². The molecule has 5 heteroatoms. The Morgan fingerprint density at radius 3 is 1.72 bits per heavy atom. The largest absolute Gasteiger partial charge is 0.397 e. The van der Waals surface area contributed by atoms with Crippen LogP contribution in [-0.4, -0.2) is 26.7 Å². The summed E-state index contributed by atoms with van der Waals surface area (Å²) in [6.07, 6.45) is 12.3. The number of aliphatic hydroxyl groups is 1. The SMILES string of the molecule is CCCCCCCCCCCCOS(=O)(=O)c1ccccc1.CCO. The van der Waals surface area contributed by atoms with Gasteiger partial charge in [-0.1, -0.05) is 82.9 Å². The van der Waals surface area contributed by atoms with Crippen molar-refractivity contribution < 1.29 is 17.7 Å². The molecular formula is C20H36O4S. The van der Waals surface area contributed by atoms with Crippen LogP contribution in [0, 0.1) is 0 Å². The molecule has 0 saturated heterocycles. The fourth-order valence-electron chi connectivity index (χ4n) is 2.41. The van der Waals surface area contributed by atoms with E-state index in [4.69, 9.17) is 9.29 Å². The van der Waals surface area contributed by atoms with Gasteiger partial charge in [0.2, 0.25) is 0 Å². The second-order valence-corrected chi connectivity index (χ2v) is 7.70. The highest BCUT2D eigenvalue weighted by atomic mass is 32.2. The van der Waals surface area contributed by atoms with Crippen LogP contribution in [0.3, 0.4) is 0 Å². The van der Waals surface area contributed by atoms with Gasteiger partial charge >= 0.3 is 0 Å². The maximum Gasteiger partial charge on any atom is 0.296 e. The van der Waals surface area contributed by atoms with Crippen molar-refractivity contribution in [3.63, 3.8) is 0 Å². The smallest absolute Gasteiger partial charge is 0.296 e. The van der Waals surface area contributed by atoms with Gasteiger partial charge in [0.15, 0.2) is 0 Å². The maximum absolute atomic E-state index is 11.9. The summed E-state index contributed by atoms with van der Waals surface area (Å²) >= 11 is 0. The summed E-state index contributed by atoms with van der Waals surface area (Å²) in [6.45, 7) is 4.45. The zero-order chi connectivity index (χ0) is 18.8. The first-order valence-electron chi connectivity index (χ1n) is 9.63. The van der Waals surface area contributed by atoms with Crippen LogP contribution >= 0.6 is 0 Å². The standard InChI is InChI=1S/C18H30O3S.C2H6O/c1-2-3-4-5-6-7-8-9-10-14-17-21-22(19,20)18-15-12-11-13-16-18;1-2-3/h11-13,15-16H,2-10,14,17H2,1H3;3H,2H2,1H3. The number of aliphatic hydroxyl groups excluding tert-OH is 1. The first-order valence-corrected chi connectivity index (χ1v) is 11.0. The molecule has 0 unspecified atom stereocenters. The van der Waals surface area contributed by atoms with Gasteiger partial charge in [-0.2, -0.15) is 8.42 Å². The second-order valence-electron chi connectivity index (χ2n) is 6.09. The summed E-state index contributed by atoms with van der Waals surface area (Å²) in [5, 5.41) is 7.57. The summed E-state index contributed by atoms with van der Waals surface area (Å²) in [4.78, 5) is 0.238. The van der Waals surface area contributed by atoms with E-state index in [9.17, 15) is 8.42 Å². The molecule has 0 heterocycles. The molecule has 1 rings (SSSR count). The Kier molecular flexibility index (Phi) is 16.0. The van der Waals surface area contributed by atoms with E-state index in [2.05, 4.69) is 6.92 Å². The topological polar surface area (TPSA) is 63.6 Å². The molecule has 0 saturated carbocycles. The molecule has 25 heavy (non-hydrogen) atoms. The summed E-state index contributed by atoms with van der Waals surface area (Å²) in [7, 11) is -3.57. The van der Waals surface area contributed by atoms with Gasteiger partial charge in [0.25, 0.3) is 10.1 Å². The van der Waals surface area contributed by atoms with E-state index in [1.807, 2.05) is 0 Å². The van der Waals surface area contributed by atoms with E-state index in [0.29, 0.717) is 0 Å². The molecule has 1 aromatic rings. The van der Waals surface area contributed by atoms with E-state index < -0.39 is 10.1 Å². The fourth-order valence-corrected chi connectivity index (χ4v) is 3.38. The van der Waals surface area contributed by atoms with Crippen molar-refractivity contribution in [1.82, 2.24) is 0 Å². The Morgan fingerprint density at radius 2 is 1.24 bits per heavy atom. The molecule has 0 radical (unpaired) electrons. The molecule has 0 fully saturated rings. The Bertz CT molecular complexity index is 486. The third kappa shape index (κ3) is 14.0. The van der Waals surface area contributed by atoms with Crippen molar-refractivity contribution in [1.29, 1.82) is 0 Å². The predicted molar refractivity (Wildman–Crippen MR) is 104 cm³/mol. The lowest BCUT2D eigenvalue weighted by Gasteiger charge is -2.05. The van der Waals surface area contributed by atoms with E-state index in [1.165, 1.54) is 51.4 Å². The zero-order valence-corrected chi connectivity index (χ0v) is 16.8. The molecule has 0 spiro atoms. The Labute approximate surface area is 154 Å². The van der Waals surface area contributed by atoms with Crippen LogP contribution in [0.5, 0.6) is 0 Å². The maximum atomic E-state index is 11.9. The van der Waals surface area contributed by atoms with Crippen LogP contribution in [0.2, 0.25) is 0 Å². The summed E-state index contributed by atoms with van der Waals surface area (Å²) in [5.74, 6) is 0. The van der Waals surface area contributed by atoms with E-state index in [-0.39, 0.29) is 18.1 Å². The van der Waals surface area contributed by atoms with Crippen LogP contribution in [0.1, 0.15) is 78.1 Å². The molecule has 0 bridgehead atoms. The Balaban J connectivity index is 0.00000178. The molecule has 0 aliphatic carbocycles. The van der Waals surface area contributed by atoms with Crippen LogP contribution in [0.25, 0.3) is 0 Å². The number of rotatable bonds is 13. The van der Waals surface area contributed by atoms with Gasteiger partial charge < -0.3 is 5.11 Å². The number of benzene rings is 1. The summed E-state index contributed by atoms with van der Waals surface area (Å²) in [5.41, 5.74) is 0. The minimum atomic E-state index is -3.57. The van der Waals surface area contributed by atoms with Crippen molar-refractivity contribution in [2.45, 2.75) is 83.0 Å². The molecule has 4 nitrogen and oxygen atoms in total. The highest BCUT2D eigenvalue weighted by Crippen LogP contribution is 2.13. The van der Waals surface area contributed by atoms with Gasteiger partial charge in [-0.05, 0) is 25.5 Å². The third-order valence-corrected chi connectivity index (χ3v) is 5.09. The van der Waals surface area contributed by atoms with Gasteiger partial charge in [-0.3, -0.25) is 4.18 Å². The molecule has 0 aromatic heterocycles. The highest BCUT2D eigenvalue weighted by molar-refractivity contribution is 7.86. The van der Waals surface area contributed by atoms with Crippen LogP contribution in [0.4, 0.5) is 0 Å². The molecule has 0 aliphatic rings. The van der Waals surface area contributed by atoms with Crippen molar-refractivity contribution >= 4 is 10.1 Å².